The van der Waals surface area contributed by atoms with Crippen LogP contribution in [0.15, 0.2) is 34.9 Å². The minimum atomic E-state index is -0.124. The summed E-state index contributed by atoms with van der Waals surface area (Å²) in [4.78, 5) is 12.2. The molecule has 0 saturated heterocycles. The van der Waals surface area contributed by atoms with Crippen LogP contribution in [0.2, 0.25) is 0 Å². The van der Waals surface area contributed by atoms with E-state index in [1.54, 1.807) is 0 Å². The van der Waals surface area contributed by atoms with E-state index in [-0.39, 0.29) is 24.4 Å². The minimum Gasteiger partial charge on any atom is -0.463 e. The fourth-order valence-corrected chi connectivity index (χ4v) is 2.20. The Morgan fingerprint density at radius 2 is 2.05 bits per heavy atom. The minimum absolute atomic E-state index is 0. The van der Waals surface area contributed by atoms with Crippen LogP contribution in [-0.2, 0) is 0 Å². The molecular formula is C15H21ClN2O2. The second-order valence-electron chi connectivity index (χ2n) is 5.18. The summed E-state index contributed by atoms with van der Waals surface area (Å²) < 4.78 is 5.37. The lowest BCUT2D eigenvalue weighted by Crippen LogP contribution is -2.40. The van der Waals surface area contributed by atoms with Gasteiger partial charge < -0.3 is 15.5 Å². The maximum Gasteiger partial charge on any atom is 0.255 e. The molecule has 20 heavy (non-hydrogen) atoms. The van der Waals surface area contributed by atoms with Gasteiger partial charge in [-0.1, -0.05) is 32.0 Å². The van der Waals surface area contributed by atoms with Gasteiger partial charge in [-0.15, -0.1) is 12.4 Å². The smallest absolute Gasteiger partial charge is 0.255 e. The van der Waals surface area contributed by atoms with Gasteiger partial charge in [0.25, 0.3) is 5.91 Å². The molecular weight excluding hydrogens is 276 g/mol. The zero-order chi connectivity index (χ0) is 13.8. The Morgan fingerprint density at radius 3 is 2.70 bits per heavy atom. The molecule has 0 saturated carbocycles. The van der Waals surface area contributed by atoms with Crippen molar-refractivity contribution in [2.75, 3.05) is 6.54 Å². The molecule has 0 spiro atoms. The van der Waals surface area contributed by atoms with Crippen molar-refractivity contribution in [3.05, 3.63) is 36.1 Å². The van der Waals surface area contributed by atoms with Gasteiger partial charge in [0.1, 0.15) is 11.8 Å². The summed E-state index contributed by atoms with van der Waals surface area (Å²) in [6.07, 6.45) is 2.38. The molecule has 0 aliphatic carbocycles. The van der Waals surface area contributed by atoms with Crippen molar-refractivity contribution >= 4 is 29.3 Å². The summed E-state index contributed by atoms with van der Waals surface area (Å²) in [6.45, 7) is 4.67. The van der Waals surface area contributed by atoms with Gasteiger partial charge in [0.15, 0.2) is 0 Å². The van der Waals surface area contributed by atoms with E-state index in [1.807, 2.05) is 24.3 Å². The molecule has 0 bridgehead atoms. The molecule has 0 aliphatic heterocycles. The molecule has 1 aromatic heterocycles. The second kappa shape index (κ2) is 7.31. The monoisotopic (exact) mass is 296 g/mol. The second-order valence-corrected chi connectivity index (χ2v) is 5.18. The fraction of sp³-hybridized carbons (Fsp3) is 0.400. The Morgan fingerprint density at radius 1 is 1.35 bits per heavy atom. The number of nitrogens with one attached hydrogen (secondary N) is 1. The van der Waals surface area contributed by atoms with E-state index in [9.17, 15) is 4.79 Å². The van der Waals surface area contributed by atoms with E-state index < -0.39 is 0 Å². The summed E-state index contributed by atoms with van der Waals surface area (Å²) in [6, 6.07) is 7.51. The lowest BCUT2D eigenvalue weighted by molar-refractivity contribution is 0.0934. The van der Waals surface area contributed by atoms with Crippen LogP contribution in [0.5, 0.6) is 0 Å². The van der Waals surface area contributed by atoms with E-state index in [4.69, 9.17) is 10.2 Å². The van der Waals surface area contributed by atoms with Gasteiger partial charge in [0.05, 0.1) is 5.56 Å². The predicted molar refractivity (Wildman–Crippen MR) is 83.2 cm³/mol. The summed E-state index contributed by atoms with van der Waals surface area (Å²) in [7, 11) is 0. The first-order chi connectivity index (χ1) is 9.11. The van der Waals surface area contributed by atoms with Crippen LogP contribution < -0.4 is 11.1 Å². The van der Waals surface area contributed by atoms with Crippen LogP contribution in [0, 0.1) is 5.92 Å². The third kappa shape index (κ3) is 3.74. The molecule has 1 atom stereocenters. The van der Waals surface area contributed by atoms with E-state index in [0.717, 1.165) is 17.4 Å². The van der Waals surface area contributed by atoms with E-state index >= 15 is 0 Å². The molecule has 1 heterocycles. The Kier molecular flexibility index (Phi) is 6.05. The maximum absolute atomic E-state index is 12.2. The molecule has 2 aromatic rings. The number of para-hydroxylation sites is 1. The highest BCUT2D eigenvalue weighted by atomic mass is 35.5. The van der Waals surface area contributed by atoms with Crippen molar-refractivity contribution in [3.63, 3.8) is 0 Å². The molecule has 3 N–H and O–H groups in total. The molecule has 5 heteroatoms. The quantitative estimate of drug-likeness (QED) is 0.891. The van der Waals surface area contributed by atoms with Gasteiger partial charge in [0, 0.05) is 18.0 Å². The highest BCUT2D eigenvalue weighted by Gasteiger charge is 2.17. The number of hydrogen-bond acceptors (Lipinski definition) is 3. The molecule has 110 valence electrons. The summed E-state index contributed by atoms with van der Waals surface area (Å²) in [5.41, 5.74) is 6.99. The van der Waals surface area contributed by atoms with Gasteiger partial charge in [-0.25, -0.2) is 0 Å². The number of carbonyl (C=O) groups excluding carboxylic acids is 1. The number of furan rings is 1. The first-order valence-corrected chi connectivity index (χ1v) is 6.59. The van der Waals surface area contributed by atoms with Crippen molar-refractivity contribution < 1.29 is 9.21 Å². The van der Waals surface area contributed by atoms with E-state index in [1.165, 1.54) is 6.26 Å². The molecule has 1 aromatic carbocycles. The topological polar surface area (TPSA) is 68.3 Å². The number of fused-ring (bicyclic) bond motifs is 1. The van der Waals surface area contributed by atoms with Crippen LogP contribution >= 0.6 is 12.4 Å². The highest BCUT2D eigenvalue weighted by molar-refractivity contribution is 6.05. The fourth-order valence-electron chi connectivity index (χ4n) is 2.20. The molecule has 4 nitrogen and oxygen atoms in total. The predicted octanol–water partition coefficient (Wildman–Crippen LogP) is 2.96. The Bertz CT molecular complexity index is 566. The average molecular weight is 297 g/mol. The summed E-state index contributed by atoms with van der Waals surface area (Å²) in [5.74, 6) is 0.371. The van der Waals surface area contributed by atoms with Crippen molar-refractivity contribution in [3.8, 4) is 0 Å². The van der Waals surface area contributed by atoms with E-state index in [0.29, 0.717) is 18.0 Å². The number of amides is 1. The number of rotatable bonds is 5. The standard InChI is InChI=1S/C15H20N2O2.ClH/c1-10(2)7-11(8-16)17-15(18)13-9-19-14-6-4-3-5-12(13)14;/h3-6,9-11H,7-8,16H2,1-2H3,(H,17,18);1H. The van der Waals surface area contributed by atoms with Crippen LogP contribution in [0.3, 0.4) is 0 Å². The number of nitrogens with two attached hydrogens (primary N) is 1. The lowest BCUT2D eigenvalue weighted by Gasteiger charge is -2.18. The Labute approximate surface area is 125 Å². The summed E-state index contributed by atoms with van der Waals surface area (Å²) >= 11 is 0. The van der Waals surface area contributed by atoms with Crippen LogP contribution in [0.4, 0.5) is 0 Å². The third-order valence-electron chi connectivity index (χ3n) is 3.10. The zero-order valence-electron chi connectivity index (χ0n) is 11.8. The first kappa shape index (κ1) is 16.5. The number of halogens is 1. The third-order valence-corrected chi connectivity index (χ3v) is 3.10. The maximum atomic E-state index is 12.2. The Hall–Kier alpha value is -1.52. The van der Waals surface area contributed by atoms with Crippen LogP contribution in [-0.4, -0.2) is 18.5 Å². The molecule has 0 aliphatic rings. The first-order valence-electron chi connectivity index (χ1n) is 6.59. The Balaban J connectivity index is 0.00000200. The van der Waals surface area contributed by atoms with Gasteiger partial charge >= 0.3 is 0 Å². The normalized spacial score (nSPS) is 12.2. The lowest BCUT2D eigenvalue weighted by atomic mass is 10.0. The zero-order valence-corrected chi connectivity index (χ0v) is 12.6. The van der Waals surface area contributed by atoms with Crippen molar-refractivity contribution in [1.29, 1.82) is 0 Å². The number of carbonyl (C=O) groups is 1. The van der Waals surface area contributed by atoms with Gasteiger partial charge in [-0.05, 0) is 18.4 Å². The molecule has 0 radical (unpaired) electrons. The van der Waals surface area contributed by atoms with Crippen molar-refractivity contribution in [1.82, 2.24) is 5.32 Å². The van der Waals surface area contributed by atoms with Crippen LogP contribution in [0.1, 0.15) is 30.6 Å². The largest absolute Gasteiger partial charge is 0.463 e. The molecule has 1 unspecified atom stereocenters. The summed E-state index contributed by atoms with van der Waals surface area (Å²) in [5, 5.41) is 3.80. The van der Waals surface area contributed by atoms with E-state index in [2.05, 4.69) is 19.2 Å². The van der Waals surface area contributed by atoms with Gasteiger partial charge in [-0.2, -0.15) is 0 Å². The number of benzene rings is 1. The SMILES string of the molecule is CC(C)CC(CN)NC(=O)c1coc2ccccc12.Cl. The highest BCUT2D eigenvalue weighted by Crippen LogP contribution is 2.20. The van der Waals surface area contributed by atoms with Crippen molar-refractivity contribution in [2.45, 2.75) is 26.3 Å². The van der Waals surface area contributed by atoms with Gasteiger partial charge in [-0.3, -0.25) is 4.79 Å². The average Bonchev–Trinajstić information content (AvgIpc) is 2.81. The molecule has 1 amide bonds. The van der Waals surface area contributed by atoms with Crippen molar-refractivity contribution in [2.24, 2.45) is 11.7 Å². The molecule has 2 rings (SSSR count). The van der Waals surface area contributed by atoms with Crippen LogP contribution in [0.25, 0.3) is 11.0 Å². The number of hydrogen-bond donors (Lipinski definition) is 2. The molecule has 0 fully saturated rings. The van der Waals surface area contributed by atoms with Gasteiger partial charge in [0.2, 0.25) is 0 Å².